The lowest BCUT2D eigenvalue weighted by Gasteiger charge is -2.30. The van der Waals surface area contributed by atoms with Crippen LogP contribution in [0.25, 0.3) is 33.5 Å². The summed E-state index contributed by atoms with van der Waals surface area (Å²) in [5.41, 5.74) is 8.29. The molecule has 0 radical (unpaired) electrons. The van der Waals surface area contributed by atoms with Gasteiger partial charge in [-0.3, -0.25) is 14.4 Å². The van der Waals surface area contributed by atoms with Gasteiger partial charge in [0.25, 0.3) is 0 Å². The van der Waals surface area contributed by atoms with Gasteiger partial charge in [0.2, 0.25) is 17.7 Å². The molecule has 4 N–H and O–H groups in total. The zero-order valence-electron chi connectivity index (χ0n) is 36.5. The zero-order chi connectivity index (χ0) is 44.6. The van der Waals surface area contributed by atoms with Gasteiger partial charge in [0.05, 0.1) is 38.7 Å². The summed E-state index contributed by atoms with van der Waals surface area (Å²) in [6, 6.07) is 17.5. The SMILES string of the molecule is COC(=O)N[C@H](C(=O)N1C[C@@H](F)C[C@H]1C(=O)Nc1ccc2c(c1)C(C)(C)c1cc(-c3ccc(-c4cnc([C@@H]5CCCN5C(=O)[C@@H](NC(=O)OC)C(C)C)[nH]4)cc3)ccc1-2)C(C)C. The number of likely N-dealkylation sites (tertiary alicyclic amines) is 2. The second-order valence-corrected chi connectivity index (χ2v) is 17.6. The van der Waals surface area contributed by atoms with Gasteiger partial charge in [-0.15, -0.1) is 0 Å². The minimum Gasteiger partial charge on any atom is -0.453 e. The number of hydrogen-bond acceptors (Lipinski definition) is 8. The number of carbonyl (C=O) groups is 5. The molecule has 7 rings (SSSR count). The number of halogens is 1. The fourth-order valence-corrected chi connectivity index (χ4v) is 9.06. The van der Waals surface area contributed by atoms with E-state index in [-0.39, 0.29) is 36.8 Å². The third-order valence-corrected chi connectivity index (χ3v) is 12.5. The summed E-state index contributed by atoms with van der Waals surface area (Å²) in [5, 5.41) is 8.17. The first-order chi connectivity index (χ1) is 29.5. The number of carbonyl (C=O) groups excluding carboxylic acids is 5. The number of methoxy groups -OCH3 is 2. The molecule has 15 heteroatoms. The standard InChI is InChI=1S/C47H56FN7O7/c1-25(2)39(52-45(59)61-7)43(57)54-19-9-10-37(54)41-49-23-36(51-41)28-13-11-27(12-14-28)29-15-17-32-33-18-16-31(22-35(33)47(5,6)34(32)20-29)50-42(56)38-21-30(48)24-55(38)44(58)40(26(3)4)53-46(60)62-8/h11-18,20,22-23,25-26,30,37-40H,9-10,19,21,24H2,1-8H3,(H,49,51)(H,50,56)(H,52,59)(H,53,60)/t30-,37-,38-,39-,40-/m0/s1. The summed E-state index contributed by atoms with van der Waals surface area (Å²) in [5.74, 6) is -0.934. The largest absolute Gasteiger partial charge is 0.453 e. The molecule has 0 spiro atoms. The van der Waals surface area contributed by atoms with Crippen molar-refractivity contribution in [1.82, 2.24) is 30.4 Å². The average molecular weight is 850 g/mol. The lowest BCUT2D eigenvalue weighted by molar-refractivity contribution is -0.139. The molecule has 2 saturated heterocycles. The molecule has 0 unspecified atom stereocenters. The first-order valence-electron chi connectivity index (χ1n) is 21.2. The normalized spacial score (nSPS) is 19.8. The van der Waals surface area contributed by atoms with E-state index in [1.807, 2.05) is 44.2 Å². The Morgan fingerprint density at radius 2 is 1.35 bits per heavy atom. The van der Waals surface area contributed by atoms with Gasteiger partial charge in [0, 0.05) is 24.1 Å². The number of hydrogen-bond donors (Lipinski definition) is 4. The topological polar surface area (TPSA) is 175 Å². The van der Waals surface area contributed by atoms with Crippen LogP contribution in [0.1, 0.15) is 83.8 Å². The predicted octanol–water partition coefficient (Wildman–Crippen LogP) is 7.35. The zero-order valence-corrected chi connectivity index (χ0v) is 36.5. The van der Waals surface area contributed by atoms with Gasteiger partial charge in [-0.2, -0.15) is 0 Å². The number of amides is 5. The van der Waals surface area contributed by atoms with E-state index in [2.05, 4.69) is 69.9 Å². The third-order valence-electron chi connectivity index (χ3n) is 12.5. The smallest absolute Gasteiger partial charge is 0.407 e. The quantitative estimate of drug-likeness (QED) is 0.121. The Kier molecular flexibility index (Phi) is 12.5. The number of H-pyrrole nitrogens is 1. The molecule has 0 saturated carbocycles. The molecule has 0 bridgehead atoms. The Morgan fingerprint density at radius 3 is 1.97 bits per heavy atom. The number of nitrogens with zero attached hydrogens (tertiary/aromatic N) is 3. The molecule has 3 aromatic carbocycles. The second kappa shape index (κ2) is 17.6. The lowest BCUT2D eigenvalue weighted by Crippen LogP contribution is -2.54. The van der Waals surface area contributed by atoms with E-state index in [0.29, 0.717) is 18.1 Å². The monoisotopic (exact) mass is 849 g/mol. The highest BCUT2D eigenvalue weighted by Gasteiger charge is 2.44. The number of aromatic nitrogens is 2. The van der Waals surface area contributed by atoms with Crippen molar-refractivity contribution in [3.63, 3.8) is 0 Å². The third kappa shape index (κ3) is 8.49. The van der Waals surface area contributed by atoms with Crippen LogP contribution in [0.5, 0.6) is 0 Å². The van der Waals surface area contributed by atoms with E-state index in [4.69, 9.17) is 9.72 Å². The molecule has 4 aromatic rings. The highest BCUT2D eigenvalue weighted by molar-refractivity contribution is 5.99. The van der Waals surface area contributed by atoms with Crippen molar-refractivity contribution >= 4 is 35.6 Å². The second-order valence-electron chi connectivity index (χ2n) is 17.6. The Hall–Kier alpha value is -6.25. The fourth-order valence-electron chi connectivity index (χ4n) is 9.06. The highest BCUT2D eigenvalue weighted by Crippen LogP contribution is 2.50. The number of ether oxygens (including phenoxy) is 2. The first kappa shape index (κ1) is 43.8. The van der Waals surface area contributed by atoms with E-state index in [1.165, 1.54) is 19.1 Å². The fraction of sp³-hybridized carbons (Fsp3) is 0.447. The van der Waals surface area contributed by atoms with Crippen molar-refractivity contribution < 1.29 is 37.8 Å². The lowest BCUT2D eigenvalue weighted by atomic mass is 9.81. The van der Waals surface area contributed by atoms with Crippen LogP contribution in [0.3, 0.4) is 0 Å². The maximum atomic E-state index is 14.8. The van der Waals surface area contributed by atoms with Crippen molar-refractivity contribution in [2.75, 3.05) is 32.6 Å². The molecule has 1 aromatic heterocycles. The number of fused-ring (bicyclic) bond motifs is 3. The molecule has 5 amide bonds. The Balaban J connectivity index is 1.04. The maximum absolute atomic E-state index is 14.8. The molecule has 2 fully saturated rings. The van der Waals surface area contributed by atoms with Gasteiger partial charge in [0.1, 0.15) is 30.1 Å². The van der Waals surface area contributed by atoms with Crippen LogP contribution >= 0.6 is 0 Å². The van der Waals surface area contributed by atoms with Crippen molar-refractivity contribution in [2.24, 2.45) is 11.8 Å². The van der Waals surface area contributed by atoms with Gasteiger partial charge in [-0.1, -0.05) is 84.0 Å². The van der Waals surface area contributed by atoms with Crippen LogP contribution in [0.4, 0.5) is 19.7 Å². The molecule has 5 atom stereocenters. The van der Waals surface area contributed by atoms with Gasteiger partial charge in [-0.05, 0) is 81.8 Å². The molecule has 14 nitrogen and oxygen atoms in total. The summed E-state index contributed by atoms with van der Waals surface area (Å²) in [4.78, 5) is 76.0. The van der Waals surface area contributed by atoms with Crippen LogP contribution in [-0.4, -0.2) is 101 Å². The molecule has 3 heterocycles. The number of anilines is 1. The first-order valence-corrected chi connectivity index (χ1v) is 21.2. The maximum Gasteiger partial charge on any atom is 0.407 e. The van der Waals surface area contributed by atoms with Crippen molar-refractivity contribution in [1.29, 1.82) is 0 Å². The number of nitrogens with one attached hydrogen (secondary N) is 4. The summed E-state index contributed by atoms with van der Waals surface area (Å²) in [6.45, 7) is 11.9. The van der Waals surface area contributed by atoms with Crippen LogP contribution in [-0.2, 0) is 29.3 Å². The summed E-state index contributed by atoms with van der Waals surface area (Å²) >= 11 is 0. The minimum atomic E-state index is -1.38. The molecule has 328 valence electrons. The van der Waals surface area contributed by atoms with Gasteiger partial charge in [0.15, 0.2) is 0 Å². The van der Waals surface area contributed by atoms with Crippen molar-refractivity contribution in [3.8, 4) is 33.5 Å². The summed E-state index contributed by atoms with van der Waals surface area (Å²) in [7, 11) is 2.48. The highest BCUT2D eigenvalue weighted by atomic mass is 19.1. The Labute approximate surface area is 361 Å². The summed E-state index contributed by atoms with van der Waals surface area (Å²) < 4.78 is 24.3. The molecular formula is C47H56FN7O7. The van der Waals surface area contributed by atoms with Crippen molar-refractivity contribution in [2.45, 2.75) is 96.6 Å². The van der Waals surface area contributed by atoms with Crippen LogP contribution in [0, 0.1) is 11.8 Å². The number of aromatic amines is 1. The predicted molar refractivity (Wildman–Crippen MR) is 233 cm³/mol. The van der Waals surface area contributed by atoms with Gasteiger partial charge < -0.3 is 40.2 Å². The van der Waals surface area contributed by atoms with E-state index in [1.54, 1.807) is 24.9 Å². The average Bonchev–Trinajstić information content (AvgIpc) is 4.07. The van der Waals surface area contributed by atoms with Gasteiger partial charge in [-0.25, -0.2) is 19.0 Å². The van der Waals surface area contributed by atoms with Crippen molar-refractivity contribution in [3.05, 3.63) is 83.8 Å². The van der Waals surface area contributed by atoms with Crippen LogP contribution in [0.15, 0.2) is 66.9 Å². The molecule has 2 aliphatic heterocycles. The molecule has 3 aliphatic rings. The van der Waals surface area contributed by atoms with Crippen LogP contribution < -0.4 is 16.0 Å². The summed E-state index contributed by atoms with van der Waals surface area (Å²) in [6.07, 6.45) is 0.432. The number of alkyl carbamates (subject to hydrolysis) is 2. The van der Waals surface area contributed by atoms with E-state index >= 15 is 0 Å². The van der Waals surface area contributed by atoms with E-state index in [9.17, 15) is 28.4 Å². The number of alkyl halides is 1. The molecular weight excluding hydrogens is 794 g/mol. The number of rotatable bonds is 11. The molecule has 62 heavy (non-hydrogen) atoms. The number of imidazole rings is 1. The van der Waals surface area contributed by atoms with E-state index < -0.39 is 53.7 Å². The Bertz CT molecular complexity index is 2360. The van der Waals surface area contributed by atoms with E-state index in [0.717, 1.165) is 57.5 Å². The Morgan fingerprint density at radius 1 is 0.790 bits per heavy atom. The van der Waals surface area contributed by atoms with Crippen LogP contribution in [0.2, 0.25) is 0 Å². The van der Waals surface area contributed by atoms with Gasteiger partial charge >= 0.3 is 12.2 Å². The molecule has 1 aliphatic carbocycles. The minimum absolute atomic E-state index is 0.125. The number of benzene rings is 3.